The number of hydrogen-bond acceptors (Lipinski definition) is 5. The Labute approximate surface area is 164 Å². The predicted molar refractivity (Wildman–Crippen MR) is 102 cm³/mol. The van der Waals surface area contributed by atoms with Crippen molar-refractivity contribution in [2.75, 3.05) is 7.11 Å². The maximum atomic E-state index is 12.3. The third-order valence-corrected chi connectivity index (χ3v) is 5.15. The molecule has 0 N–H and O–H groups in total. The van der Waals surface area contributed by atoms with Gasteiger partial charge in [0, 0.05) is 18.3 Å². The van der Waals surface area contributed by atoms with Crippen LogP contribution >= 0.6 is 11.6 Å². The van der Waals surface area contributed by atoms with Crippen LogP contribution in [-0.2, 0) is 19.1 Å². The van der Waals surface area contributed by atoms with Gasteiger partial charge >= 0.3 is 11.9 Å². The number of unbranched alkanes of at least 4 members (excludes halogenated alkanes) is 1. The quantitative estimate of drug-likeness (QED) is 0.271. The molecular weight excluding hydrogens is 368 g/mol. The van der Waals surface area contributed by atoms with Crippen molar-refractivity contribution in [3.05, 3.63) is 48.0 Å². The summed E-state index contributed by atoms with van der Waals surface area (Å²) in [6.45, 7) is 0. The van der Waals surface area contributed by atoms with Crippen molar-refractivity contribution in [1.29, 1.82) is 0 Å². The Balaban J connectivity index is 1.91. The number of esters is 2. The summed E-state index contributed by atoms with van der Waals surface area (Å²) in [5.41, 5.74) is 0.496. The van der Waals surface area contributed by atoms with E-state index in [-0.39, 0.29) is 35.1 Å². The first-order valence-corrected chi connectivity index (χ1v) is 9.58. The Morgan fingerprint density at radius 2 is 1.89 bits per heavy atom. The molecule has 1 fully saturated rings. The van der Waals surface area contributed by atoms with Gasteiger partial charge in [-0.3, -0.25) is 9.59 Å². The molecule has 0 spiro atoms. The Bertz CT molecular complexity index is 670. The third kappa shape index (κ3) is 6.51. The van der Waals surface area contributed by atoms with Crippen LogP contribution in [0.4, 0.5) is 0 Å². The van der Waals surface area contributed by atoms with Crippen molar-refractivity contribution in [1.82, 2.24) is 0 Å². The van der Waals surface area contributed by atoms with Gasteiger partial charge in [0.05, 0.1) is 12.7 Å². The molecule has 1 aromatic carbocycles. The summed E-state index contributed by atoms with van der Waals surface area (Å²) in [7, 11) is 1.37. The van der Waals surface area contributed by atoms with E-state index in [1.165, 1.54) is 7.11 Å². The van der Waals surface area contributed by atoms with Gasteiger partial charge in [-0.2, -0.15) is 0 Å². The van der Waals surface area contributed by atoms with E-state index >= 15 is 0 Å². The van der Waals surface area contributed by atoms with E-state index < -0.39 is 0 Å². The van der Waals surface area contributed by atoms with E-state index in [1.807, 2.05) is 18.2 Å². The van der Waals surface area contributed by atoms with Gasteiger partial charge in [0.25, 0.3) is 0 Å². The van der Waals surface area contributed by atoms with Gasteiger partial charge in [-0.15, -0.1) is 0 Å². The lowest BCUT2D eigenvalue weighted by Crippen LogP contribution is -2.27. The second kappa shape index (κ2) is 10.9. The zero-order chi connectivity index (χ0) is 19.6. The SMILES string of the molecule is COC(=O)CCC/C=C\C[C@H]1[C@@H](OC(=O)c2ccccc2)CC[C@@H]1C(=O)Cl. The molecule has 1 aliphatic carbocycles. The molecule has 0 unspecified atom stereocenters. The highest BCUT2D eigenvalue weighted by atomic mass is 35.5. The van der Waals surface area contributed by atoms with E-state index in [2.05, 4.69) is 4.74 Å². The highest BCUT2D eigenvalue weighted by Gasteiger charge is 2.41. The lowest BCUT2D eigenvalue weighted by atomic mass is 9.92. The summed E-state index contributed by atoms with van der Waals surface area (Å²) in [5, 5.41) is -0.377. The number of rotatable bonds is 9. The summed E-state index contributed by atoms with van der Waals surface area (Å²) in [6, 6.07) is 8.81. The van der Waals surface area contributed by atoms with Crippen LogP contribution in [0.15, 0.2) is 42.5 Å². The fourth-order valence-corrected chi connectivity index (χ4v) is 3.66. The number of benzene rings is 1. The van der Waals surface area contributed by atoms with Gasteiger partial charge < -0.3 is 9.47 Å². The predicted octanol–water partition coefficient (Wildman–Crippen LogP) is 4.29. The van der Waals surface area contributed by atoms with Crippen LogP contribution in [0.25, 0.3) is 0 Å². The summed E-state index contributed by atoms with van der Waals surface area (Å²) >= 11 is 5.76. The second-order valence-electron chi connectivity index (χ2n) is 6.64. The number of carbonyl (C=O) groups is 3. The van der Waals surface area contributed by atoms with E-state index in [0.717, 1.165) is 6.42 Å². The number of allylic oxidation sites excluding steroid dienone is 2. The van der Waals surface area contributed by atoms with E-state index in [1.54, 1.807) is 24.3 Å². The Morgan fingerprint density at radius 3 is 2.56 bits per heavy atom. The number of methoxy groups -OCH3 is 1. The number of carbonyl (C=O) groups excluding carboxylic acids is 3. The molecule has 6 heteroatoms. The van der Waals surface area contributed by atoms with Crippen LogP contribution in [-0.4, -0.2) is 30.4 Å². The van der Waals surface area contributed by atoms with Crippen molar-refractivity contribution in [2.45, 2.75) is 44.6 Å². The van der Waals surface area contributed by atoms with Crippen molar-refractivity contribution in [3.8, 4) is 0 Å². The van der Waals surface area contributed by atoms with E-state index in [4.69, 9.17) is 16.3 Å². The van der Waals surface area contributed by atoms with Gasteiger partial charge in [-0.05, 0) is 55.8 Å². The summed E-state index contributed by atoms with van der Waals surface area (Å²) in [6.07, 6.45) is 7.31. The molecule has 146 valence electrons. The van der Waals surface area contributed by atoms with E-state index in [9.17, 15) is 14.4 Å². The maximum absolute atomic E-state index is 12.3. The van der Waals surface area contributed by atoms with Gasteiger partial charge in [0.15, 0.2) is 0 Å². The number of hydrogen-bond donors (Lipinski definition) is 0. The van der Waals surface area contributed by atoms with Crippen LogP contribution in [0.1, 0.15) is 48.9 Å². The summed E-state index contributed by atoms with van der Waals surface area (Å²) < 4.78 is 10.3. The van der Waals surface area contributed by atoms with Crippen molar-refractivity contribution in [3.63, 3.8) is 0 Å². The first kappa shape index (κ1) is 21.2. The van der Waals surface area contributed by atoms with Crippen LogP contribution < -0.4 is 0 Å². The molecule has 0 radical (unpaired) electrons. The average Bonchev–Trinajstić information content (AvgIpc) is 3.07. The standard InChI is InChI=1S/C21H25ClO5/c1-26-19(23)12-8-3-2-7-11-16-17(20(22)24)13-14-18(16)27-21(25)15-9-5-4-6-10-15/h2,4-7,9-10,16-18H,3,8,11-14H2,1H3/b7-2-/t16-,17+,18+/m1/s1. The lowest BCUT2D eigenvalue weighted by Gasteiger charge is -2.22. The first-order valence-electron chi connectivity index (χ1n) is 9.20. The zero-order valence-corrected chi connectivity index (χ0v) is 16.2. The van der Waals surface area contributed by atoms with Crippen LogP contribution in [0.5, 0.6) is 0 Å². The second-order valence-corrected chi connectivity index (χ2v) is 7.01. The fourth-order valence-electron chi connectivity index (χ4n) is 3.39. The van der Waals surface area contributed by atoms with Gasteiger partial charge in [-0.1, -0.05) is 30.4 Å². The highest BCUT2D eigenvalue weighted by molar-refractivity contribution is 6.64. The minimum absolute atomic E-state index is 0.125. The van der Waals surface area contributed by atoms with Gasteiger partial charge in [0.2, 0.25) is 5.24 Å². The molecule has 0 amide bonds. The molecule has 3 atom stereocenters. The molecule has 1 saturated carbocycles. The summed E-state index contributed by atoms with van der Waals surface area (Å²) in [5.74, 6) is -1.03. The van der Waals surface area contributed by atoms with Crippen molar-refractivity contribution >= 4 is 28.8 Å². The molecule has 0 heterocycles. The van der Waals surface area contributed by atoms with Crippen molar-refractivity contribution in [2.24, 2.45) is 11.8 Å². The van der Waals surface area contributed by atoms with E-state index in [0.29, 0.717) is 37.7 Å². The first-order chi connectivity index (χ1) is 13.0. The molecule has 2 rings (SSSR count). The molecule has 1 aliphatic rings. The minimum Gasteiger partial charge on any atom is -0.469 e. The lowest BCUT2D eigenvalue weighted by molar-refractivity contribution is -0.140. The molecule has 0 bridgehead atoms. The monoisotopic (exact) mass is 392 g/mol. The third-order valence-electron chi connectivity index (χ3n) is 4.87. The minimum atomic E-state index is -0.379. The Morgan fingerprint density at radius 1 is 1.15 bits per heavy atom. The maximum Gasteiger partial charge on any atom is 0.338 e. The molecular formula is C21H25ClO5. The molecule has 1 aromatic rings. The van der Waals surface area contributed by atoms with Crippen molar-refractivity contribution < 1.29 is 23.9 Å². The molecule has 0 aromatic heterocycles. The zero-order valence-electron chi connectivity index (χ0n) is 15.4. The average molecular weight is 393 g/mol. The van der Waals surface area contributed by atoms with Crippen LogP contribution in [0.2, 0.25) is 0 Å². The Kier molecular flexibility index (Phi) is 8.52. The number of ether oxygens (including phenoxy) is 2. The molecule has 0 saturated heterocycles. The highest BCUT2D eigenvalue weighted by Crippen LogP contribution is 2.38. The largest absolute Gasteiger partial charge is 0.469 e. The fraction of sp³-hybridized carbons (Fsp3) is 0.476. The van der Waals surface area contributed by atoms with Gasteiger partial charge in [-0.25, -0.2) is 4.79 Å². The molecule has 0 aliphatic heterocycles. The van der Waals surface area contributed by atoms with Gasteiger partial charge in [0.1, 0.15) is 6.10 Å². The van der Waals surface area contributed by atoms with Crippen LogP contribution in [0.3, 0.4) is 0 Å². The topological polar surface area (TPSA) is 69.7 Å². The Hall–Kier alpha value is -2.14. The molecule has 27 heavy (non-hydrogen) atoms. The molecule has 5 nitrogen and oxygen atoms in total. The summed E-state index contributed by atoms with van der Waals surface area (Å²) in [4.78, 5) is 35.2. The number of halogens is 1. The smallest absolute Gasteiger partial charge is 0.338 e. The van der Waals surface area contributed by atoms with Crippen LogP contribution in [0, 0.1) is 11.8 Å². The normalized spacial score (nSPS) is 21.9.